The van der Waals surface area contributed by atoms with Crippen LogP contribution in [0, 0.1) is 11.7 Å². The van der Waals surface area contributed by atoms with Gasteiger partial charge in [-0.25, -0.2) is 4.39 Å². The average Bonchev–Trinajstić information content (AvgIpc) is 3.22. The molecule has 0 aliphatic rings. The van der Waals surface area contributed by atoms with Gasteiger partial charge in [-0.1, -0.05) is 19.0 Å². The van der Waals surface area contributed by atoms with Crippen LogP contribution in [-0.2, 0) is 0 Å². The number of hydrogen-bond donors (Lipinski definition) is 1. The molecule has 24 heavy (non-hydrogen) atoms. The molecular weight excluding hydrogens is 311 g/mol. The molecule has 5 nitrogen and oxygen atoms in total. The third kappa shape index (κ3) is 3.22. The summed E-state index contributed by atoms with van der Waals surface area (Å²) in [7, 11) is 0. The highest BCUT2D eigenvalue weighted by atomic mass is 19.1. The second-order valence-electron chi connectivity index (χ2n) is 5.86. The molecule has 3 aromatic rings. The second-order valence-corrected chi connectivity index (χ2v) is 5.86. The lowest BCUT2D eigenvalue weighted by molar-refractivity contribution is 0.0950. The van der Waals surface area contributed by atoms with Crippen molar-refractivity contribution in [2.24, 2.45) is 5.92 Å². The molecule has 0 aliphatic carbocycles. The fourth-order valence-corrected chi connectivity index (χ4v) is 2.28. The van der Waals surface area contributed by atoms with Crippen molar-refractivity contribution >= 4 is 5.91 Å². The van der Waals surface area contributed by atoms with Gasteiger partial charge in [0.25, 0.3) is 5.91 Å². The van der Waals surface area contributed by atoms with Crippen molar-refractivity contribution in [2.45, 2.75) is 13.8 Å². The van der Waals surface area contributed by atoms with E-state index in [1.54, 1.807) is 18.2 Å². The van der Waals surface area contributed by atoms with Crippen molar-refractivity contribution in [3.8, 4) is 22.6 Å². The normalized spacial score (nSPS) is 11.0. The van der Waals surface area contributed by atoms with Gasteiger partial charge in [-0.05, 0) is 36.2 Å². The minimum Gasteiger partial charge on any atom is -0.472 e. The van der Waals surface area contributed by atoms with E-state index in [-0.39, 0.29) is 11.7 Å². The van der Waals surface area contributed by atoms with Crippen LogP contribution < -0.4 is 5.32 Å². The van der Waals surface area contributed by atoms with Crippen molar-refractivity contribution < 1.29 is 18.1 Å². The van der Waals surface area contributed by atoms with Gasteiger partial charge in [0.2, 0.25) is 0 Å². The van der Waals surface area contributed by atoms with Crippen LogP contribution in [0.5, 0.6) is 0 Å². The van der Waals surface area contributed by atoms with Crippen molar-refractivity contribution in [1.29, 1.82) is 0 Å². The van der Waals surface area contributed by atoms with Crippen molar-refractivity contribution in [3.05, 3.63) is 54.2 Å². The minimum absolute atomic E-state index is 0.291. The minimum atomic E-state index is -0.358. The standard InChI is InChI=1S/C18H17FN2O3/c1-11(2)9-20-18(22)15-16(12-3-5-14(19)6-4-12)21-24-17(15)13-7-8-23-10-13/h3-8,10-11H,9H2,1-2H3,(H,20,22). The molecule has 2 heterocycles. The number of furan rings is 1. The number of aromatic nitrogens is 1. The SMILES string of the molecule is CC(C)CNC(=O)c1c(-c2ccc(F)cc2)noc1-c1ccoc1. The van der Waals surface area contributed by atoms with Crippen LogP contribution in [0.1, 0.15) is 24.2 Å². The molecule has 3 rings (SSSR count). The summed E-state index contributed by atoms with van der Waals surface area (Å²) in [6.07, 6.45) is 2.97. The van der Waals surface area contributed by atoms with E-state index < -0.39 is 0 Å². The Morgan fingerprint density at radius 1 is 1.21 bits per heavy atom. The molecule has 1 N–H and O–H groups in total. The number of nitrogens with zero attached hydrogens (tertiary/aromatic N) is 1. The number of amides is 1. The Hall–Kier alpha value is -2.89. The molecule has 0 unspecified atom stereocenters. The van der Waals surface area contributed by atoms with Crippen LogP contribution in [0.2, 0.25) is 0 Å². The van der Waals surface area contributed by atoms with E-state index in [2.05, 4.69) is 10.5 Å². The number of halogens is 1. The third-order valence-corrected chi connectivity index (χ3v) is 3.49. The van der Waals surface area contributed by atoms with Gasteiger partial charge in [0.15, 0.2) is 5.76 Å². The van der Waals surface area contributed by atoms with Gasteiger partial charge in [-0.3, -0.25) is 4.79 Å². The topological polar surface area (TPSA) is 68.3 Å². The van der Waals surface area contributed by atoms with Crippen LogP contribution >= 0.6 is 0 Å². The Bertz CT molecular complexity index is 821. The highest BCUT2D eigenvalue weighted by molar-refractivity contribution is 6.04. The summed E-state index contributed by atoms with van der Waals surface area (Å²) >= 11 is 0. The zero-order valence-electron chi connectivity index (χ0n) is 13.4. The summed E-state index contributed by atoms with van der Waals surface area (Å²) in [5.41, 5.74) is 1.89. The Morgan fingerprint density at radius 3 is 2.58 bits per heavy atom. The zero-order chi connectivity index (χ0) is 17.1. The Kier molecular flexibility index (Phi) is 4.46. The maximum Gasteiger partial charge on any atom is 0.257 e. The first kappa shape index (κ1) is 16.0. The van der Waals surface area contributed by atoms with E-state index in [1.165, 1.54) is 24.7 Å². The first-order chi connectivity index (χ1) is 11.6. The molecule has 0 aliphatic heterocycles. The van der Waals surface area contributed by atoms with Crippen LogP contribution in [0.25, 0.3) is 22.6 Å². The number of nitrogens with one attached hydrogen (secondary N) is 1. The predicted octanol–water partition coefficient (Wildman–Crippen LogP) is 4.13. The highest BCUT2D eigenvalue weighted by Gasteiger charge is 2.25. The number of rotatable bonds is 5. The van der Waals surface area contributed by atoms with Crippen LogP contribution in [-0.4, -0.2) is 17.6 Å². The van der Waals surface area contributed by atoms with E-state index in [4.69, 9.17) is 8.94 Å². The zero-order valence-corrected chi connectivity index (χ0v) is 13.4. The lowest BCUT2D eigenvalue weighted by Gasteiger charge is -2.08. The van der Waals surface area contributed by atoms with Crippen LogP contribution in [0.4, 0.5) is 4.39 Å². The number of carbonyl (C=O) groups is 1. The quantitative estimate of drug-likeness (QED) is 0.765. The monoisotopic (exact) mass is 328 g/mol. The number of carbonyl (C=O) groups excluding carboxylic acids is 1. The van der Waals surface area contributed by atoms with E-state index in [0.29, 0.717) is 40.6 Å². The van der Waals surface area contributed by atoms with Crippen molar-refractivity contribution in [3.63, 3.8) is 0 Å². The molecule has 0 fully saturated rings. The summed E-state index contributed by atoms with van der Waals surface area (Å²) < 4.78 is 23.6. The molecule has 124 valence electrons. The van der Waals surface area contributed by atoms with Crippen molar-refractivity contribution in [1.82, 2.24) is 10.5 Å². The van der Waals surface area contributed by atoms with Gasteiger partial charge >= 0.3 is 0 Å². The number of hydrogen-bond acceptors (Lipinski definition) is 4. The van der Waals surface area contributed by atoms with Gasteiger partial charge in [-0.15, -0.1) is 0 Å². The molecule has 0 bridgehead atoms. The molecule has 6 heteroatoms. The first-order valence-corrected chi connectivity index (χ1v) is 7.62. The van der Waals surface area contributed by atoms with E-state index in [0.717, 1.165) is 0 Å². The molecule has 1 amide bonds. The van der Waals surface area contributed by atoms with E-state index in [1.807, 2.05) is 13.8 Å². The molecule has 0 radical (unpaired) electrons. The molecule has 2 aromatic heterocycles. The van der Waals surface area contributed by atoms with Crippen LogP contribution in [0.15, 0.2) is 51.8 Å². The second kappa shape index (κ2) is 6.70. The lowest BCUT2D eigenvalue weighted by Crippen LogP contribution is -2.27. The third-order valence-electron chi connectivity index (χ3n) is 3.49. The molecule has 0 atom stereocenters. The Balaban J connectivity index is 2.05. The average molecular weight is 328 g/mol. The molecular formula is C18H17FN2O3. The fraction of sp³-hybridized carbons (Fsp3) is 0.222. The van der Waals surface area contributed by atoms with Crippen molar-refractivity contribution in [2.75, 3.05) is 6.54 Å². The number of benzene rings is 1. The Morgan fingerprint density at radius 2 is 1.96 bits per heavy atom. The largest absolute Gasteiger partial charge is 0.472 e. The predicted molar refractivity (Wildman–Crippen MR) is 86.8 cm³/mol. The van der Waals surface area contributed by atoms with Gasteiger partial charge in [0, 0.05) is 12.1 Å². The summed E-state index contributed by atoms with van der Waals surface area (Å²) in [4.78, 5) is 12.7. The maximum atomic E-state index is 13.2. The van der Waals surface area contributed by atoms with Crippen LogP contribution in [0.3, 0.4) is 0 Å². The molecule has 0 spiro atoms. The smallest absolute Gasteiger partial charge is 0.257 e. The fourth-order valence-electron chi connectivity index (χ4n) is 2.28. The van der Waals surface area contributed by atoms with Gasteiger partial charge < -0.3 is 14.3 Å². The molecule has 0 saturated heterocycles. The molecule has 1 aromatic carbocycles. The summed E-state index contributed by atoms with van der Waals surface area (Å²) in [6.45, 7) is 4.54. The Labute approximate surface area is 138 Å². The van der Waals surface area contributed by atoms with Gasteiger partial charge in [0.1, 0.15) is 23.3 Å². The molecule has 0 saturated carbocycles. The maximum absolute atomic E-state index is 13.2. The van der Waals surface area contributed by atoms with Gasteiger partial charge in [-0.2, -0.15) is 0 Å². The summed E-state index contributed by atoms with van der Waals surface area (Å²) in [6, 6.07) is 7.44. The summed E-state index contributed by atoms with van der Waals surface area (Å²) in [5.74, 6) is -0.0200. The highest BCUT2D eigenvalue weighted by Crippen LogP contribution is 2.32. The summed E-state index contributed by atoms with van der Waals surface area (Å²) in [5, 5.41) is 6.89. The van der Waals surface area contributed by atoms with E-state index >= 15 is 0 Å². The first-order valence-electron chi connectivity index (χ1n) is 7.62. The lowest BCUT2D eigenvalue weighted by atomic mass is 10.0. The van der Waals surface area contributed by atoms with Gasteiger partial charge in [0.05, 0.1) is 11.8 Å². The van der Waals surface area contributed by atoms with E-state index in [9.17, 15) is 9.18 Å².